The lowest BCUT2D eigenvalue weighted by molar-refractivity contribution is -0.300. The van der Waals surface area contributed by atoms with Crippen LogP contribution >= 0.6 is 0 Å². The maximum absolute atomic E-state index is 7.13. The van der Waals surface area contributed by atoms with Crippen molar-refractivity contribution in [1.82, 2.24) is 0 Å². The smallest absolute Gasteiger partial charge is 0.186 e. The molecule has 0 unspecified atom stereocenters. The number of hydrogen-bond donors (Lipinski definition) is 0. The van der Waals surface area contributed by atoms with Crippen molar-refractivity contribution in [2.24, 2.45) is 0 Å². The van der Waals surface area contributed by atoms with E-state index in [1.165, 1.54) is 0 Å². The molecular weight excluding hydrogens is 711 g/mol. The highest BCUT2D eigenvalue weighted by Crippen LogP contribution is 2.41. The van der Waals surface area contributed by atoms with Gasteiger partial charge < -0.3 is 33.3 Å². The third-order valence-corrected chi connectivity index (χ3v) is 10.3. The van der Waals surface area contributed by atoms with Crippen LogP contribution in [0.25, 0.3) is 0 Å². The van der Waals surface area contributed by atoms with Crippen molar-refractivity contribution in [3.63, 3.8) is 0 Å². The molecule has 1 heterocycles. The molecule has 6 aromatic rings. The second-order valence-corrected chi connectivity index (χ2v) is 14.5. The predicted octanol–water partition coefficient (Wildman–Crippen LogP) is 9.58. The second kappa shape index (κ2) is 20.3. The van der Waals surface area contributed by atoms with E-state index in [1.807, 2.05) is 66.7 Å². The van der Waals surface area contributed by atoms with Crippen molar-refractivity contribution < 1.29 is 28.4 Å². The molecular formula is C50H53NO6. The van der Waals surface area contributed by atoms with Gasteiger partial charge in [0.15, 0.2) is 6.29 Å². The predicted molar refractivity (Wildman–Crippen MR) is 225 cm³/mol. The first-order chi connectivity index (χ1) is 28.1. The van der Waals surface area contributed by atoms with Crippen molar-refractivity contribution in [3.05, 3.63) is 209 Å². The van der Waals surface area contributed by atoms with Crippen LogP contribution in [-0.2, 0) is 53.8 Å². The molecule has 0 spiro atoms. The van der Waals surface area contributed by atoms with Gasteiger partial charge in [0.25, 0.3) is 0 Å². The Kier molecular flexibility index (Phi) is 14.3. The van der Waals surface area contributed by atoms with E-state index in [0.717, 1.165) is 39.1 Å². The molecule has 1 aliphatic heterocycles. The number of nitrogens with zero attached hydrogens (tertiary/aromatic N) is 1. The molecule has 0 aromatic heterocycles. The minimum absolute atomic E-state index is 0.298. The lowest BCUT2D eigenvalue weighted by atomic mass is 9.80. The van der Waals surface area contributed by atoms with Crippen molar-refractivity contribution in [3.8, 4) is 0 Å². The van der Waals surface area contributed by atoms with Gasteiger partial charge in [-0.3, -0.25) is 0 Å². The summed E-state index contributed by atoms with van der Waals surface area (Å²) in [6.45, 7) is 2.31. The molecule has 1 fully saturated rings. The van der Waals surface area contributed by atoms with Gasteiger partial charge in [0.1, 0.15) is 23.9 Å². The number of rotatable bonds is 19. The number of benzene rings is 6. The molecule has 1 aliphatic rings. The van der Waals surface area contributed by atoms with E-state index in [9.17, 15) is 0 Å². The summed E-state index contributed by atoms with van der Waals surface area (Å²) in [4.78, 5) is 2.12. The summed E-state index contributed by atoms with van der Waals surface area (Å²) in [6.07, 6.45) is -1.47. The van der Waals surface area contributed by atoms with Gasteiger partial charge >= 0.3 is 0 Å². The first kappa shape index (κ1) is 40.1. The van der Waals surface area contributed by atoms with Crippen LogP contribution in [0.3, 0.4) is 0 Å². The van der Waals surface area contributed by atoms with Gasteiger partial charge in [-0.15, -0.1) is 0 Å². The average Bonchev–Trinajstić information content (AvgIpc) is 3.27. The number of anilines is 1. The molecule has 0 radical (unpaired) electrons. The van der Waals surface area contributed by atoms with Crippen LogP contribution in [0.5, 0.6) is 0 Å². The molecule has 7 nitrogen and oxygen atoms in total. The second-order valence-electron chi connectivity index (χ2n) is 14.5. The molecule has 1 saturated heterocycles. The van der Waals surface area contributed by atoms with E-state index in [0.29, 0.717) is 46.1 Å². The fourth-order valence-corrected chi connectivity index (χ4v) is 7.30. The molecule has 6 aromatic carbocycles. The summed E-state index contributed by atoms with van der Waals surface area (Å²) < 4.78 is 40.1. The summed E-state index contributed by atoms with van der Waals surface area (Å²) in [5.74, 6) is 0. The highest BCUT2D eigenvalue weighted by molar-refractivity contribution is 5.54. The molecule has 7 heteroatoms. The van der Waals surface area contributed by atoms with E-state index in [4.69, 9.17) is 28.4 Å². The van der Waals surface area contributed by atoms with Crippen molar-refractivity contribution in [2.75, 3.05) is 38.8 Å². The minimum atomic E-state index is -0.850. The summed E-state index contributed by atoms with van der Waals surface area (Å²) in [5, 5.41) is 0. The number of ether oxygens (including phenoxy) is 6. The molecule has 294 valence electrons. The molecule has 0 bridgehead atoms. The van der Waals surface area contributed by atoms with Crippen LogP contribution in [0.4, 0.5) is 5.69 Å². The zero-order valence-electron chi connectivity index (χ0n) is 32.9. The van der Waals surface area contributed by atoms with Gasteiger partial charge in [-0.05, 0) is 51.9 Å². The highest BCUT2D eigenvalue weighted by atomic mass is 16.7. The molecule has 57 heavy (non-hydrogen) atoms. The minimum Gasteiger partial charge on any atom is -0.378 e. The van der Waals surface area contributed by atoms with Crippen LogP contribution in [0.2, 0.25) is 0 Å². The SMILES string of the molecule is CN(C)c1cccc(C(OCCCO[C@H]2OC[C@@H](OCc3ccccc3)[C@H](OCc3ccccc3)[C@H]2OCc2ccccc2)(c2ccccc2)c2ccccc2)c1. The third-order valence-electron chi connectivity index (χ3n) is 10.3. The maximum Gasteiger partial charge on any atom is 0.186 e. The van der Waals surface area contributed by atoms with E-state index < -0.39 is 24.1 Å². The quantitative estimate of drug-likeness (QED) is 0.0602. The van der Waals surface area contributed by atoms with Gasteiger partial charge in [-0.1, -0.05) is 164 Å². The third kappa shape index (κ3) is 10.4. The molecule has 7 rings (SSSR count). The molecule has 0 aliphatic carbocycles. The number of hydrogen-bond acceptors (Lipinski definition) is 7. The Morgan fingerprint density at radius 1 is 0.509 bits per heavy atom. The lowest BCUT2D eigenvalue weighted by Crippen LogP contribution is -2.56. The molecule has 0 N–H and O–H groups in total. The Labute approximate surface area is 337 Å². The average molecular weight is 764 g/mol. The maximum atomic E-state index is 7.13. The molecule has 0 amide bonds. The van der Waals surface area contributed by atoms with Crippen LogP contribution in [0.1, 0.15) is 39.8 Å². The van der Waals surface area contributed by atoms with Crippen molar-refractivity contribution in [1.29, 1.82) is 0 Å². The monoisotopic (exact) mass is 763 g/mol. The van der Waals surface area contributed by atoms with E-state index in [2.05, 4.69) is 128 Å². The first-order valence-electron chi connectivity index (χ1n) is 19.8. The molecule has 0 saturated carbocycles. The van der Waals surface area contributed by atoms with Gasteiger partial charge in [-0.2, -0.15) is 0 Å². The van der Waals surface area contributed by atoms with Crippen LogP contribution in [0, 0.1) is 0 Å². The summed E-state index contributed by atoms with van der Waals surface area (Å²) in [5.41, 5.74) is 6.61. The largest absolute Gasteiger partial charge is 0.378 e. The topological polar surface area (TPSA) is 58.6 Å². The van der Waals surface area contributed by atoms with Gasteiger partial charge in [-0.25, -0.2) is 0 Å². The van der Waals surface area contributed by atoms with E-state index in [1.54, 1.807) is 0 Å². The van der Waals surface area contributed by atoms with Gasteiger partial charge in [0, 0.05) is 19.8 Å². The summed E-state index contributed by atoms with van der Waals surface area (Å²) >= 11 is 0. The van der Waals surface area contributed by atoms with E-state index in [-0.39, 0.29) is 6.10 Å². The fourth-order valence-electron chi connectivity index (χ4n) is 7.30. The first-order valence-corrected chi connectivity index (χ1v) is 19.8. The summed E-state index contributed by atoms with van der Waals surface area (Å²) in [6, 6.07) is 60.0. The Morgan fingerprint density at radius 2 is 0.982 bits per heavy atom. The fraction of sp³-hybridized carbons (Fsp3) is 0.280. The van der Waals surface area contributed by atoms with Gasteiger partial charge in [0.05, 0.1) is 39.6 Å². The van der Waals surface area contributed by atoms with Crippen LogP contribution < -0.4 is 4.90 Å². The Bertz CT molecular complexity index is 1990. The standard InChI is InChI=1S/C50H53NO6/c1-51(2)45-31-18-30-44(34-45)50(42-26-14-6-15-27-42,43-28-16-7-17-29-43)57-33-19-32-52-49-48(55-37-41-24-12-5-13-25-41)47(54-36-40-22-10-4-11-23-40)46(38-56-49)53-35-39-20-8-3-9-21-39/h3-18,20-31,34,46-49H,19,32-33,35-38H2,1-2H3/t46-,47+,48-,49+/m1/s1. The Morgan fingerprint density at radius 3 is 1.51 bits per heavy atom. The van der Waals surface area contributed by atoms with Crippen LogP contribution in [-0.4, -0.2) is 58.5 Å². The zero-order valence-corrected chi connectivity index (χ0v) is 32.9. The normalized spacial score (nSPS) is 18.3. The highest BCUT2D eigenvalue weighted by Gasteiger charge is 2.44. The molecule has 4 atom stereocenters. The van der Waals surface area contributed by atoms with Gasteiger partial charge in [0.2, 0.25) is 0 Å². The Hall–Kier alpha value is -5.12. The van der Waals surface area contributed by atoms with E-state index >= 15 is 0 Å². The lowest BCUT2D eigenvalue weighted by Gasteiger charge is -2.42. The Balaban J connectivity index is 1.10. The van der Waals surface area contributed by atoms with Crippen molar-refractivity contribution >= 4 is 5.69 Å². The zero-order chi connectivity index (χ0) is 39.1. The summed E-state index contributed by atoms with van der Waals surface area (Å²) in [7, 11) is 4.12. The van der Waals surface area contributed by atoms with Crippen LogP contribution in [0.15, 0.2) is 176 Å². The van der Waals surface area contributed by atoms with Crippen molar-refractivity contribution in [2.45, 2.75) is 56.4 Å².